The van der Waals surface area contributed by atoms with Crippen LogP contribution in [0.25, 0.3) is 0 Å². The van der Waals surface area contributed by atoms with Crippen LogP contribution in [-0.4, -0.2) is 26.2 Å². The molecule has 1 heterocycles. The third kappa shape index (κ3) is 3.06. The topological polar surface area (TPSA) is 64.4 Å². The lowest BCUT2D eigenvalue weighted by Crippen LogP contribution is -2.26. The van der Waals surface area contributed by atoms with Gasteiger partial charge in [0, 0.05) is 20.3 Å². The minimum absolute atomic E-state index is 0.202. The highest BCUT2D eigenvalue weighted by Gasteiger charge is 2.13. The number of carbonyl (C=O) groups excluding carboxylic acids is 1. The van der Waals surface area contributed by atoms with E-state index in [9.17, 15) is 4.79 Å². The van der Waals surface area contributed by atoms with Crippen molar-refractivity contribution in [3.63, 3.8) is 0 Å². The van der Waals surface area contributed by atoms with E-state index in [-0.39, 0.29) is 5.91 Å². The predicted octanol–water partition coefficient (Wildman–Crippen LogP) is 0.00160. The fraction of sp³-hybridized carbons (Fsp3) is 0.667. The lowest BCUT2D eigenvalue weighted by atomic mass is 9.99. The van der Waals surface area contributed by atoms with Crippen LogP contribution in [-0.2, 0) is 9.53 Å². The van der Waals surface area contributed by atoms with Crippen molar-refractivity contribution in [3.05, 3.63) is 11.8 Å². The summed E-state index contributed by atoms with van der Waals surface area (Å²) in [6.45, 7) is 1.53. The van der Waals surface area contributed by atoms with Gasteiger partial charge in [-0.1, -0.05) is 6.08 Å². The van der Waals surface area contributed by atoms with Crippen molar-refractivity contribution in [2.24, 2.45) is 11.7 Å². The van der Waals surface area contributed by atoms with Gasteiger partial charge in [0.1, 0.15) is 0 Å². The van der Waals surface area contributed by atoms with Gasteiger partial charge in [0.2, 0.25) is 0 Å². The standard InChI is InChI=1S/C9H16N2O2/c1-11-9(12)8(10)6-7-2-4-13-5-3-7/h6-7H,2-5,10H2,1H3,(H,11,12). The fourth-order valence-corrected chi connectivity index (χ4v) is 1.36. The Morgan fingerprint density at radius 3 is 2.69 bits per heavy atom. The van der Waals surface area contributed by atoms with Crippen LogP contribution in [0.2, 0.25) is 0 Å². The molecule has 0 unspecified atom stereocenters. The van der Waals surface area contributed by atoms with E-state index in [1.165, 1.54) is 0 Å². The smallest absolute Gasteiger partial charge is 0.266 e. The van der Waals surface area contributed by atoms with Crippen LogP contribution in [0.1, 0.15) is 12.8 Å². The second-order valence-corrected chi connectivity index (χ2v) is 3.15. The molecule has 0 spiro atoms. The summed E-state index contributed by atoms with van der Waals surface area (Å²) in [5, 5.41) is 2.49. The van der Waals surface area contributed by atoms with Gasteiger partial charge in [-0.05, 0) is 18.8 Å². The van der Waals surface area contributed by atoms with Gasteiger partial charge in [-0.2, -0.15) is 0 Å². The second kappa shape index (κ2) is 4.87. The number of nitrogens with one attached hydrogen (secondary N) is 1. The Balaban J connectivity index is 2.47. The first-order valence-electron chi connectivity index (χ1n) is 4.51. The maximum absolute atomic E-state index is 11.0. The number of hydrogen-bond donors (Lipinski definition) is 2. The van der Waals surface area contributed by atoms with E-state index >= 15 is 0 Å². The summed E-state index contributed by atoms with van der Waals surface area (Å²) in [6.07, 6.45) is 3.75. The van der Waals surface area contributed by atoms with Crippen LogP contribution in [0.5, 0.6) is 0 Å². The third-order valence-electron chi connectivity index (χ3n) is 2.17. The molecule has 0 aromatic heterocycles. The number of nitrogens with two attached hydrogens (primary N) is 1. The summed E-state index contributed by atoms with van der Waals surface area (Å²) in [5.41, 5.74) is 5.88. The maximum Gasteiger partial charge on any atom is 0.266 e. The first kappa shape index (κ1) is 10.1. The zero-order valence-corrected chi connectivity index (χ0v) is 7.88. The van der Waals surface area contributed by atoms with Crippen molar-refractivity contribution in [2.75, 3.05) is 20.3 Å². The van der Waals surface area contributed by atoms with E-state index < -0.39 is 0 Å². The molecule has 1 aliphatic rings. The quantitative estimate of drug-likeness (QED) is 0.594. The van der Waals surface area contributed by atoms with Gasteiger partial charge < -0.3 is 15.8 Å². The highest BCUT2D eigenvalue weighted by atomic mass is 16.5. The van der Waals surface area contributed by atoms with E-state index in [0.717, 1.165) is 26.1 Å². The summed E-state index contributed by atoms with van der Waals surface area (Å²) >= 11 is 0. The summed E-state index contributed by atoms with van der Waals surface area (Å²) in [7, 11) is 1.58. The van der Waals surface area contributed by atoms with E-state index in [0.29, 0.717) is 11.6 Å². The van der Waals surface area contributed by atoms with Crippen molar-refractivity contribution in [1.29, 1.82) is 0 Å². The lowest BCUT2D eigenvalue weighted by Gasteiger charge is -2.19. The molecule has 0 bridgehead atoms. The molecule has 0 saturated carbocycles. The molecule has 1 saturated heterocycles. The van der Waals surface area contributed by atoms with Crippen LogP contribution in [0.15, 0.2) is 11.8 Å². The van der Waals surface area contributed by atoms with Crippen molar-refractivity contribution >= 4 is 5.91 Å². The molecule has 0 radical (unpaired) electrons. The Morgan fingerprint density at radius 1 is 1.54 bits per heavy atom. The Morgan fingerprint density at radius 2 is 2.15 bits per heavy atom. The van der Waals surface area contributed by atoms with Crippen LogP contribution in [0, 0.1) is 5.92 Å². The summed E-state index contributed by atoms with van der Waals surface area (Å²) < 4.78 is 5.20. The normalized spacial score (nSPS) is 19.9. The average molecular weight is 184 g/mol. The minimum Gasteiger partial charge on any atom is -0.395 e. The number of ether oxygens (including phenoxy) is 1. The number of likely N-dealkylation sites (N-methyl/N-ethyl adjacent to an activating group) is 1. The average Bonchev–Trinajstić information content (AvgIpc) is 2.18. The predicted molar refractivity (Wildman–Crippen MR) is 49.9 cm³/mol. The molecule has 0 aromatic carbocycles. The first-order valence-corrected chi connectivity index (χ1v) is 4.51. The second-order valence-electron chi connectivity index (χ2n) is 3.15. The number of carbonyl (C=O) groups is 1. The molecular weight excluding hydrogens is 168 g/mol. The van der Waals surface area contributed by atoms with E-state index in [1.54, 1.807) is 7.05 Å². The molecule has 1 aliphatic heterocycles. The van der Waals surface area contributed by atoms with Gasteiger partial charge in [-0.3, -0.25) is 4.79 Å². The first-order chi connectivity index (χ1) is 6.24. The molecule has 0 aliphatic carbocycles. The summed E-state index contributed by atoms with van der Waals surface area (Å²) in [5.74, 6) is 0.192. The Labute approximate surface area is 78.1 Å². The van der Waals surface area contributed by atoms with Crippen LogP contribution in [0.4, 0.5) is 0 Å². The molecular formula is C9H16N2O2. The van der Waals surface area contributed by atoms with Crippen molar-refractivity contribution in [2.45, 2.75) is 12.8 Å². The Hall–Kier alpha value is -1.03. The zero-order valence-electron chi connectivity index (χ0n) is 7.88. The largest absolute Gasteiger partial charge is 0.395 e. The van der Waals surface area contributed by atoms with Gasteiger partial charge in [0.15, 0.2) is 0 Å². The molecule has 4 heteroatoms. The number of hydrogen-bond acceptors (Lipinski definition) is 3. The van der Waals surface area contributed by atoms with Gasteiger partial charge in [0.25, 0.3) is 5.91 Å². The molecule has 0 aromatic rings. The molecule has 0 atom stereocenters. The van der Waals surface area contributed by atoms with Gasteiger partial charge in [0.05, 0.1) is 5.70 Å². The van der Waals surface area contributed by atoms with Crippen LogP contribution in [0.3, 0.4) is 0 Å². The Kier molecular flexibility index (Phi) is 3.76. The van der Waals surface area contributed by atoms with Gasteiger partial charge in [-0.25, -0.2) is 0 Å². The zero-order chi connectivity index (χ0) is 9.68. The Bertz CT molecular complexity index is 208. The third-order valence-corrected chi connectivity index (χ3v) is 2.17. The van der Waals surface area contributed by atoms with E-state index in [2.05, 4.69) is 5.32 Å². The molecule has 13 heavy (non-hydrogen) atoms. The van der Waals surface area contributed by atoms with Gasteiger partial charge in [-0.15, -0.1) is 0 Å². The summed E-state index contributed by atoms with van der Waals surface area (Å²) in [4.78, 5) is 11.0. The van der Waals surface area contributed by atoms with Crippen molar-refractivity contribution in [3.8, 4) is 0 Å². The van der Waals surface area contributed by atoms with Gasteiger partial charge >= 0.3 is 0 Å². The molecule has 74 valence electrons. The number of amides is 1. The van der Waals surface area contributed by atoms with Crippen molar-refractivity contribution < 1.29 is 9.53 Å². The van der Waals surface area contributed by atoms with E-state index in [1.807, 2.05) is 6.08 Å². The number of rotatable bonds is 2. The number of allylic oxidation sites excluding steroid dienone is 1. The van der Waals surface area contributed by atoms with Crippen LogP contribution < -0.4 is 11.1 Å². The molecule has 1 fully saturated rings. The monoisotopic (exact) mass is 184 g/mol. The van der Waals surface area contributed by atoms with E-state index in [4.69, 9.17) is 10.5 Å². The highest BCUT2D eigenvalue weighted by molar-refractivity contribution is 5.92. The van der Waals surface area contributed by atoms with Crippen molar-refractivity contribution in [1.82, 2.24) is 5.32 Å². The minimum atomic E-state index is -0.202. The fourth-order valence-electron chi connectivity index (χ4n) is 1.36. The molecule has 1 rings (SSSR count). The van der Waals surface area contributed by atoms with Crippen LogP contribution >= 0.6 is 0 Å². The molecule has 3 N–H and O–H groups in total. The summed E-state index contributed by atoms with van der Waals surface area (Å²) in [6, 6.07) is 0. The lowest BCUT2D eigenvalue weighted by molar-refractivity contribution is -0.117. The SMILES string of the molecule is CNC(=O)C(N)=CC1CCOCC1. The molecule has 4 nitrogen and oxygen atoms in total. The molecule has 1 amide bonds. The highest BCUT2D eigenvalue weighted by Crippen LogP contribution is 2.16. The maximum atomic E-state index is 11.0.